The Morgan fingerprint density at radius 3 is 2.67 bits per heavy atom. The van der Waals surface area contributed by atoms with E-state index >= 15 is 0 Å². The summed E-state index contributed by atoms with van der Waals surface area (Å²) in [5.74, 6) is 1.80. The van der Waals surface area contributed by atoms with Crippen LogP contribution in [0.2, 0.25) is 0 Å². The summed E-state index contributed by atoms with van der Waals surface area (Å²) in [6, 6.07) is 8.23. The summed E-state index contributed by atoms with van der Waals surface area (Å²) in [5, 5.41) is 6.71. The molecule has 2 N–H and O–H groups in total. The average Bonchev–Trinajstić information content (AvgIpc) is 2.65. The minimum atomic E-state index is 0. The lowest BCUT2D eigenvalue weighted by atomic mass is 10.1. The number of aliphatic imine (C=N–C) groups is 1. The van der Waals surface area contributed by atoms with Crippen LogP contribution in [0.25, 0.3) is 0 Å². The zero-order valence-electron chi connectivity index (χ0n) is 17.3. The number of methoxy groups -OCH3 is 2. The lowest BCUT2D eigenvalue weighted by molar-refractivity contribution is 0.180. The van der Waals surface area contributed by atoms with Crippen LogP contribution in [0.3, 0.4) is 0 Å². The maximum absolute atomic E-state index is 5.27. The number of rotatable bonds is 13. The smallest absolute Gasteiger partial charge is 0.191 e. The van der Waals surface area contributed by atoms with Gasteiger partial charge in [0.05, 0.1) is 7.11 Å². The first-order valence-electron chi connectivity index (χ1n) is 9.52. The zero-order chi connectivity index (χ0) is 19.0. The molecule has 0 saturated carbocycles. The van der Waals surface area contributed by atoms with Crippen molar-refractivity contribution in [3.8, 4) is 5.75 Å². The molecule has 156 valence electrons. The second-order valence-corrected chi connectivity index (χ2v) is 6.29. The van der Waals surface area contributed by atoms with Gasteiger partial charge in [0.1, 0.15) is 5.75 Å². The van der Waals surface area contributed by atoms with Gasteiger partial charge in [-0.1, -0.05) is 12.1 Å². The molecule has 1 rings (SSSR count). The molecule has 0 radical (unpaired) electrons. The van der Waals surface area contributed by atoms with Crippen LogP contribution in [0.1, 0.15) is 25.3 Å². The molecular formula is C20H37IN4O2. The van der Waals surface area contributed by atoms with Gasteiger partial charge in [-0.25, -0.2) is 0 Å². The number of halogens is 1. The Morgan fingerprint density at radius 1 is 1.15 bits per heavy atom. The molecule has 7 heteroatoms. The van der Waals surface area contributed by atoms with E-state index in [-0.39, 0.29) is 24.0 Å². The van der Waals surface area contributed by atoms with Crippen molar-refractivity contribution in [3.63, 3.8) is 0 Å². The summed E-state index contributed by atoms with van der Waals surface area (Å²) in [5.41, 5.74) is 1.29. The van der Waals surface area contributed by atoms with Crippen LogP contribution < -0.4 is 15.4 Å². The van der Waals surface area contributed by atoms with Crippen molar-refractivity contribution < 1.29 is 9.47 Å². The van der Waals surface area contributed by atoms with E-state index in [0.717, 1.165) is 70.3 Å². The standard InChI is InChI=1S/C20H36N4O2.HI/c1-5-21-20(23-13-15-24(2)14-8-16-25-3)22-12-7-10-18-9-6-11-19(17-18)26-4;/h6,9,11,17H,5,7-8,10,12-16H2,1-4H3,(H2,21,22,23);1H. The van der Waals surface area contributed by atoms with Gasteiger partial charge in [0.15, 0.2) is 5.96 Å². The third-order valence-corrected chi connectivity index (χ3v) is 4.05. The fraction of sp³-hybridized carbons (Fsp3) is 0.650. The molecule has 1 aromatic carbocycles. The maximum atomic E-state index is 5.27. The molecule has 0 saturated heterocycles. The summed E-state index contributed by atoms with van der Waals surface area (Å²) in [6.45, 7) is 7.48. The Bertz CT molecular complexity index is 515. The first-order chi connectivity index (χ1) is 12.7. The van der Waals surface area contributed by atoms with E-state index in [1.165, 1.54) is 5.56 Å². The first-order valence-corrected chi connectivity index (χ1v) is 9.52. The number of benzene rings is 1. The first kappa shape index (κ1) is 25.9. The van der Waals surface area contributed by atoms with Crippen LogP contribution in [-0.2, 0) is 11.2 Å². The van der Waals surface area contributed by atoms with Crippen LogP contribution >= 0.6 is 24.0 Å². The van der Waals surface area contributed by atoms with E-state index in [0.29, 0.717) is 0 Å². The maximum Gasteiger partial charge on any atom is 0.191 e. The minimum Gasteiger partial charge on any atom is -0.497 e. The highest BCUT2D eigenvalue weighted by atomic mass is 127. The lowest BCUT2D eigenvalue weighted by Gasteiger charge is -2.18. The van der Waals surface area contributed by atoms with Crippen molar-refractivity contribution >= 4 is 29.9 Å². The monoisotopic (exact) mass is 492 g/mol. The van der Waals surface area contributed by atoms with Crippen molar-refractivity contribution in [2.45, 2.75) is 26.2 Å². The van der Waals surface area contributed by atoms with Gasteiger partial charge in [-0.15, -0.1) is 24.0 Å². The molecule has 0 heterocycles. The Labute approximate surface area is 182 Å². The molecule has 6 nitrogen and oxygen atoms in total. The van der Waals surface area contributed by atoms with Crippen molar-refractivity contribution in [3.05, 3.63) is 29.8 Å². The molecule has 0 aliphatic heterocycles. The van der Waals surface area contributed by atoms with Crippen LogP contribution in [0.15, 0.2) is 29.3 Å². The van der Waals surface area contributed by atoms with E-state index in [4.69, 9.17) is 9.47 Å². The van der Waals surface area contributed by atoms with Gasteiger partial charge in [0, 0.05) is 46.4 Å². The fourth-order valence-electron chi connectivity index (χ4n) is 2.60. The quantitative estimate of drug-likeness (QED) is 0.192. The topological polar surface area (TPSA) is 58.1 Å². The average molecular weight is 492 g/mol. The highest BCUT2D eigenvalue weighted by molar-refractivity contribution is 14.0. The van der Waals surface area contributed by atoms with E-state index in [2.05, 4.69) is 46.6 Å². The number of hydrogen-bond donors (Lipinski definition) is 2. The molecule has 0 aliphatic carbocycles. The number of likely N-dealkylation sites (N-methyl/N-ethyl adjacent to an activating group) is 1. The number of aryl methyl sites for hydroxylation is 1. The highest BCUT2D eigenvalue weighted by Gasteiger charge is 2.01. The second-order valence-electron chi connectivity index (χ2n) is 6.29. The van der Waals surface area contributed by atoms with E-state index < -0.39 is 0 Å². The van der Waals surface area contributed by atoms with Crippen molar-refractivity contribution in [2.24, 2.45) is 4.99 Å². The van der Waals surface area contributed by atoms with Gasteiger partial charge < -0.3 is 25.0 Å². The van der Waals surface area contributed by atoms with Gasteiger partial charge in [-0.05, 0) is 50.9 Å². The molecule has 0 aliphatic rings. The molecular weight excluding hydrogens is 455 g/mol. The molecule has 0 atom stereocenters. The Kier molecular flexibility index (Phi) is 16.4. The molecule has 0 amide bonds. The van der Waals surface area contributed by atoms with E-state index in [1.807, 2.05) is 12.1 Å². The number of nitrogens with one attached hydrogen (secondary N) is 2. The van der Waals surface area contributed by atoms with Gasteiger partial charge in [0.2, 0.25) is 0 Å². The van der Waals surface area contributed by atoms with E-state index in [1.54, 1.807) is 14.2 Å². The normalized spacial score (nSPS) is 11.2. The summed E-state index contributed by atoms with van der Waals surface area (Å²) >= 11 is 0. The molecule has 0 fully saturated rings. The zero-order valence-corrected chi connectivity index (χ0v) is 19.6. The van der Waals surface area contributed by atoms with Crippen molar-refractivity contribution in [2.75, 3.05) is 60.6 Å². The van der Waals surface area contributed by atoms with Crippen LogP contribution in [0, 0.1) is 0 Å². The van der Waals surface area contributed by atoms with Crippen LogP contribution in [-0.4, -0.2) is 71.5 Å². The molecule has 0 spiro atoms. The van der Waals surface area contributed by atoms with Gasteiger partial charge >= 0.3 is 0 Å². The predicted octanol–water partition coefficient (Wildman–Crippen LogP) is 2.77. The SMILES string of the molecule is CCNC(=NCCCc1cccc(OC)c1)NCCN(C)CCCOC.I. The molecule has 0 bridgehead atoms. The fourth-order valence-corrected chi connectivity index (χ4v) is 2.60. The summed E-state index contributed by atoms with van der Waals surface area (Å²) in [4.78, 5) is 6.97. The third kappa shape index (κ3) is 12.9. The summed E-state index contributed by atoms with van der Waals surface area (Å²) in [7, 11) is 5.58. The number of nitrogens with zero attached hydrogens (tertiary/aromatic N) is 2. The van der Waals surface area contributed by atoms with Gasteiger partial charge in [-0.2, -0.15) is 0 Å². The molecule has 27 heavy (non-hydrogen) atoms. The van der Waals surface area contributed by atoms with Gasteiger partial charge in [-0.3, -0.25) is 4.99 Å². The lowest BCUT2D eigenvalue weighted by Crippen LogP contribution is -2.41. The largest absolute Gasteiger partial charge is 0.497 e. The molecule has 0 unspecified atom stereocenters. The van der Waals surface area contributed by atoms with Crippen molar-refractivity contribution in [1.29, 1.82) is 0 Å². The van der Waals surface area contributed by atoms with Crippen LogP contribution in [0.4, 0.5) is 0 Å². The van der Waals surface area contributed by atoms with E-state index in [9.17, 15) is 0 Å². The third-order valence-electron chi connectivity index (χ3n) is 4.05. The highest BCUT2D eigenvalue weighted by Crippen LogP contribution is 2.13. The van der Waals surface area contributed by atoms with Gasteiger partial charge in [0.25, 0.3) is 0 Å². The predicted molar refractivity (Wildman–Crippen MR) is 125 cm³/mol. The number of guanidine groups is 1. The Balaban J connectivity index is 0.00000676. The summed E-state index contributed by atoms with van der Waals surface area (Å²) in [6.07, 6.45) is 3.08. The molecule has 1 aromatic rings. The number of hydrogen-bond acceptors (Lipinski definition) is 4. The Hall–Kier alpha value is -1.06. The summed E-state index contributed by atoms with van der Waals surface area (Å²) < 4.78 is 10.4. The van der Waals surface area contributed by atoms with Crippen molar-refractivity contribution in [1.82, 2.24) is 15.5 Å². The number of ether oxygens (including phenoxy) is 2. The minimum absolute atomic E-state index is 0. The second kappa shape index (κ2) is 17.1. The Morgan fingerprint density at radius 2 is 1.96 bits per heavy atom. The van der Waals surface area contributed by atoms with Crippen LogP contribution in [0.5, 0.6) is 5.75 Å². The molecule has 0 aromatic heterocycles.